The molecule has 0 atom stereocenters. The maximum absolute atomic E-state index is 12.3. The molecule has 3 heterocycles. The van der Waals surface area contributed by atoms with Crippen LogP contribution >= 0.6 is 0 Å². The number of fused-ring (bicyclic) bond motifs is 1. The first-order valence-corrected chi connectivity index (χ1v) is 9.03. The molecule has 0 fully saturated rings. The zero-order chi connectivity index (χ0) is 20.0. The van der Waals surface area contributed by atoms with Gasteiger partial charge in [0.2, 0.25) is 0 Å². The number of methoxy groups -OCH3 is 1. The molecule has 8 heteroatoms. The predicted octanol–water partition coefficient (Wildman–Crippen LogP) is 2.65. The number of aromatic nitrogens is 6. The summed E-state index contributed by atoms with van der Waals surface area (Å²) in [6.45, 7) is 4.11. The molecule has 0 saturated heterocycles. The van der Waals surface area contributed by atoms with Crippen LogP contribution in [0.3, 0.4) is 0 Å². The summed E-state index contributed by atoms with van der Waals surface area (Å²) in [7, 11) is 5.12. The van der Waals surface area contributed by atoms with Crippen LogP contribution in [0, 0.1) is 0 Å². The number of aryl methyl sites for hydroxylation is 2. The summed E-state index contributed by atoms with van der Waals surface area (Å²) in [5.41, 5.74) is 3.05. The maximum Gasteiger partial charge on any atom is 0.328 e. The van der Waals surface area contributed by atoms with Gasteiger partial charge in [0.15, 0.2) is 5.82 Å². The lowest BCUT2D eigenvalue weighted by Gasteiger charge is -2.13. The zero-order valence-electron chi connectivity index (χ0n) is 16.5. The van der Waals surface area contributed by atoms with E-state index in [4.69, 9.17) is 4.74 Å². The van der Waals surface area contributed by atoms with Crippen LogP contribution in [-0.2, 0) is 14.1 Å². The summed E-state index contributed by atoms with van der Waals surface area (Å²) >= 11 is 0. The Labute approximate surface area is 162 Å². The molecule has 3 aromatic heterocycles. The van der Waals surface area contributed by atoms with Crippen molar-refractivity contribution in [2.75, 3.05) is 7.11 Å². The molecule has 4 rings (SSSR count). The van der Waals surface area contributed by atoms with Crippen LogP contribution in [0.2, 0.25) is 0 Å². The molecule has 0 amide bonds. The minimum Gasteiger partial charge on any atom is -0.494 e. The predicted molar refractivity (Wildman–Crippen MR) is 107 cm³/mol. The largest absolute Gasteiger partial charge is 0.494 e. The number of nitrogens with zero attached hydrogens (tertiary/aromatic N) is 6. The Bertz CT molecular complexity index is 1230. The normalized spacial score (nSPS) is 11.5. The molecule has 1 aromatic carbocycles. The van der Waals surface area contributed by atoms with Crippen LogP contribution in [0.25, 0.3) is 28.2 Å². The Morgan fingerprint density at radius 3 is 2.43 bits per heavy atom. The van der Waals surface area contributed by atoms with Crippen molar-refractivity contribution in [1.82, 2.24) is 28.7 Å². The first-order chi connectivity index (χ1) is 13.4. The van der Waals surface area contributed by atoms with Crippen LogP contribution < -0.4 is 10.4 Å². The van der Waals surface area contributed by atoms with Gasteiger partial charge in [-0.2, -0.15) is 0 Å². The van der Waals surface area contributed by atoms with Gasteiger partial charge in [-0.05, 0) is 12.1 Å². The standard InChI is InChI=1S/C20H22N6O2/c1-12(2)18-21-7-6-13(23-18)19-22-8-9-26(19)16-10-14-15(11-17(16)28-5)25(4)20(27)24(14)3/h6-12H,1-5H3. The first-order valence-electron chi connectivity index (χ1n) is 9.03. The summed E-state index contributed by atoms with van der Waals surface area (Å²) in [5, 5.41) is 0. The van der Waals surface area contributed by atoms with Gasteiger partial charge in [-0.15, -0.1) is 0 Å². The second-order valence-corrected chi connectivity index (χ2v) is 6.99. The molecule has 144 valence electrons. The van der Waals surface area contributed by atoms with Crippen molar-refractivity contribution >= 4 is 11.0 Å². The fourth-order valence-corrected chi connectivity index (χ4v) is 3.33. The molecule has 0 aliphatic carbocycles. The molecule has 0 radical (unpaired) electrons. The molecule has 0 aliphatic heterocycles. The third-order valence-electron chi connectivity index (χ3n) is 4.89. The van der Waals surface area contributed by atoms with Gasteiger partial charge in [0.1, 0.15) is 17.3 Å². The van der Waals surface area contributed by atoms with Crippen molar-refractivity contribution in [3.05, 3.63) is 53.1 Å². The molecule has 0 unspecified atom stereocenters. The van der Waals surface area contributed by atoms with Gasteiger partial charge in [0, 0.05) is 44.7 Å². The van der Waals surface area contributed by atoms with Crippen molar-refractivity contribution in [3.8, 4) is 23.0 Å². The number of rotatable bonds is 4. The van der Waals surface area contributed by atoms with E-state index >= 15 is 0 Å². The van der Waals surface area contributed by atoms with Crippen LogP contribution in [0.4, 0.5) is 0 Å². The highest BCUT2D eigenvalue weighted by atomic mass is 16.5. The van der Waals surface area contributed by atoms with Crippen LogP contribution in [-0.4, -0.2) is 35.8 Å². The minimum absolute atomic E-state index is 0.0857. The zero-order valence-corrected chi connectivity index (χ0v) is 16.5. The van der Waals surface area contributed by atoms with Gasteiger partial charge < -0.3 is 4.74 Å². The molecule has 8 nitrogen and oxygen atoms in total. The number of imidazole rings is 2. The van der Waals surface area contributed by atoms with E-state index in [1.54, 1.807) is 42.7 Å². The molecule has 0 saturated carbocycles. The topological polar surface area (TPSA) is 79.8 Å². The van der Waals surface area contributed by atoms with Crippen molar-refractivity contribution < 1.29 is 4.74 Å². The lowest BCUT2D eigenvalue weighted by Crippen LogP contribution is -2.19. The van der Waals surface area contributed by atoms with Crippen LogP contribution in [0.1, 0.15) is 25.6 Å². The Kier molecular flexibility index (Phi) is 4.26. The summed E-state index contributed by atoms with van der Waals surface area (Å²) in [5.74, 6) is 2.31. The van der Waals surface area contributed by atoms with E-state index in [0.717, 1.165) is 28.2 Å². The summed E-state index contributed by atoms with van der Waals surface area (Å²) in [4.78, 5) is 25.8. The lowest BCUT2D eigenvalue weighted by molar-refractivity contribution is 0.413. The minimum atomic E-state index is -0.0857. The van der Waals surface area contributed by atoms with E-state index < -0.39 is 0 Å². The van der Waals surface area contributed by atoms with Crippen LogP contribution in [0.15, 0.2) is 41.6 Å². The monoisotopic (exact) mass is 378 g/mol. The van der Waals surface area contributed by atoms with Crippen LogP contribution in [0.5, 0.6) is 5.75 Å². The molecule has 0 bridgehead atoms. The molecular formula is C20H22N6O2. The van der Waals surface area contributed by atoms with E-state index in [0.29, 0.717) is 11.6 Å². The highest BCUT2D eigenvalue weighted by molar-refractivity contribution is 5.82. The Balaban J connectivity index is 1.95. The lowest BCUT2D eigenvalue weighted by atomic mass is 10.2. The molecule has 28 heavy (non-hydrogen) atoms. The Hall–Kier alpha value is -3.42. The summed E-state index contributed by atoms with van der Waals surface area (Å²) < 4.78 is 10.8. The van der Waals surface area contributed by atoms with Gasteiger partial charge in [-0.3, -0.25) is 13.7 Å². The Morgan fingerprint density at radius 2 is 1.75 bits per heavy atom. The fraction of sp³-hybridized carbons (Fsp3) is 0.300. The van der Waals surface area contributed by atoms with Gasteiger partial charge in [-0.1, -0.05) is 13.8 Å². The average molecular weight is 378 g/mol. The number of ether oxygens (including phenoxy) is 1. The third-order valence-corrected chi connectivity index (χ3v) is 4.89. The molecule has 0 spiro atoms. The fourth-order valence-electron chi connectivity index (χ4n) is 3.33. The Morgan fingerprint density at radius 1 is 1.04 bits per heavy atom. The third kappa shape index (κ3) is 2.69. The SMILES string of the molecule is COc1cc2c(cc1-n1ccnc1-c1ccnc(C(C)C)n1)n(C)c(=O)n2C. The van der Waals surface area contributed by atoms with Gasteiger partial charge in [-0.25, -0.2) is 19.7 Å². The second-order valence-electron chi connectivity index (χ2n) is 6.99. The molecule has 0 aliphatic rings. The smallest absolute Gasteiger partial charge is 0.328 e. The van der Waals surface area contributed by atoms with Crippen molar-refractivity contribution in [2.45, 2.75) is 19.8 Å². The van der Waals surface area contributed by atoms with E-state index in [1.807, 2.05) is 29.0 Å². The number of benzene rings is 1. The quantitative estimate of drug-likeness (QED) is 0.545. The summed E-state index contributed by atoms with van der Waals surface area (Å²) in [6.07, 6.45) is 5.33. The van der Waals surface area contributed by atoms with E-state index in [1.165, 1.54) is 0 Å². The first kappa shape index (κ1) is 18.0. The van der Waals surface area contributed by atoms with Crippen molar-refractivity contribution in [3.63, 3.8) is 0 Å². The molecular weight excluding hydrogens is 356 g/mol. The number of hydrogen-bond acceptors (Lipinski definition) is 5. The second kappa shape index (κ2) is 6.63. The van der Waals surface area contributed by atoms with Crippen molar-refractivity contribution in [1.29, 1.82) is 0 Å². The highest BCUT2D eigenvalue weighted by Gasteiger charge is 2.18. The van der Waals surface area contributed by atoms with Gasteiger partial charge >= 0.3 is 5.69 Å². The molecule has 4 aromatic rings. The van der Waals surface area contributed by atoms with Gasteiger partial charge in [0.05, 0.1) is 23.8 Å². The highest BCUT2D eigenvalue weighted by Crippen LogP contribution is 2.31. The van der Waals surface area contributed by atoms with Crippen molar-refractivity contribution in [2.24, 2.45) is 14.1 Å². The van der Waals surface area contributed by atoms with Gasteiger partial charge in [0.25, 0.3) is 0 Å². The van der Waals surface area contributed by atoms with E-state index in [-0.39, 0.29) is 11.6 Å². The number of hydrogen-bond donors (Lipinski definition) is 0. The van der Waals surface area contributed by atoms with E-state index in [2.05, 4.69) is 28.8 Å². The average Bonchev–Trinajstić information content (AvgIpc) is 3.27. The summed E-state index contributed by atoms with van der Waals surface area (Å²) in [6, 6.07) is 5.65. The molecule has 0 N–H and O–H groups in total. The van der Waals surface area contributed by atoms with E-state index in [9.17, 15) is 4.79 Å². The maximum atomic E-state index is 12.3.